The van der Waals surface area contributed by atoms with Gasteiger partial charge in [0.15, 0.2) is 0 Å². The molecule has 6 heteroatoms. The topological polar surface area (TPSA) is 58.6 Å². The van der Waals surface area contributed by atoms with Crippen LogP contribution in [-0.4, -0.2) is 18.9 Å². The van der Waals surface area contributed by atoms with Crippen LogP contribution >= 0.6 is 15.9 Å². The highest BCUT2D eigenvalue weighted by Gasteiger charge is 2.34. The Morgan fingerprint density at radius 1 is 1.08 bits per heavy atom. The number of amides is 2. The second kappa shape index (κ2) is 6.72. The number of halogens is 1. The van der Waals surface area contributed by atoms with Crippen LogP contribution in [0.5, 0.6) is 5.75 Å². The zero-order valence-electron chi connectivity index (χ0n) is 14.1. The number of carbonyl (C=O) groups is 2. The number of carbonyl (C=O) groups excluding carboxylic acids is 2. The quantitative estimate of drug-likeness (QED) is 0.633. The van der Waals surface area contributed by atoms with E-state index in [0.29, 0.717) is 17.0 Å². The van der Waals surface area contributed by atoms with Crippen molar-refractivity contribution in [2.24, 2.45) is 0 Å². The van der Waals surface area contributed by atoms with Gasteiger partial charge in [-0.05, 0) is 61.4 Å². The Bertz CT molecular complexity index is 906. The Kier molecular flexibility index (Phi) is 4.63. The lowest BCUT2D eigenvalue weighted by molar-refractivity contribution is -0.117. The molecule has 0 radical (unpaired) electrons. The van der Waals surface area contributed by atoms with Crippen LogP contribution in [0.4, 0.5) is 5.69 Å². The molecule has 2 aromatic rings. The Labute approximate surface area is 154 Å². The van der Waals surface area contributed by atoms with Crippen LogP contribution in [0.15, 0.2) is 46.4 Å². The van der Waals surface area contributed by atoms with Crippen LogP contribution in [0, 0.1) is 13.8 Å². The van der Waals surface area contributed by atoms with Gasteiger partial charge in [-0.2, -0.15) is 0 Å². The third-order valence-electron chi connectivity index (χ3n) is 4.13. The van der Waals surface area contributed by atoms with Gasteiger partial charge < -0.3 is 4.74 Å². The number of anilines is 1. The third-order valence-corrected chi connectivity index (χ3v) is 4.63. The number of aryl methyl sites for hydroxylation is 2. The Hall–Kier alpha value is -2.60. The van der Waals surface area contributed by atoms with Gasteiger partial charge in [0.05, 0.1) is 12.8 Å². The summed E-state index contributed by atoms with van der Waals surface area (Å²) in [6.45, 7) is 3.96. The molecular formula is C19H17BrN2O3. The number of hydrazine groups is 1. The average molecular weight is 401 g/mol. The van der Waals surface area contributed by atoms with Gasteiger partial charge in [0.1, 0.15) is 11.3 Å². The summed E-state index contributed by atoms with van der Waals surface area (Å²) in [6, 6.07) is 11.0. The molecule has 1 heterocycles. The van der Waals surface area contributed by atoms with E-state index in [1.165, 1.54) is 5.01 Å². The third kappa shape index (κ3) is 3.30. The lowest BCUT2D eigenvalue weighted by Crippen LogP contribution is -2.35. The summed E-state index contributed by atoms with van der Waals surface area (Å²) < 4.78 is 6.13. The standard InChI is InChI=1S/C19H17BrN2O3/c1-11-4-6-15(8-12(11)2)22-19(24)16(18(23)21-22)10-13-9-14(20)5-7-17(13)25-3/h4-10H,1-3H3,(H,21,23). The molecule has 0 saturated carbocycles. The summed E-state index contributed by atoms with van der Waals surface area (Å²) in [7, 11) is 1.54. The maximum absolute atomic E-state index is 12.7. The fourth-order valence-corrected chi connectivity index (χ4v) is 2.96. The van der Waals surface area contributed by atoms with Crippen molar-refractivity contribution in [1.29, 1.82) is 0 Å². The molecule has 0 aliphatic carbocycles. The predicted molar refractivity (Wildman–Crippen MR) is 100 cm³/mol. The molecule has 2 amide bonds. The van der Waals surface area contributed by atoms with E-state index in [0.717, 1.165) is 15.6 Å². The summed E-state index contributed by atoms with van der Waals surface area (Å²) >= 11 is 3.39. The van der Waals surface area contributed by atoms with Crippen LogP contribution in [0.1, 0.15) is 16.7 Å². The van der Waals surface area contributed by atoms with Crippen LogP contribution in [0.3, 0.4) is 0 Å². The molecule has 25 heavy (non-hydrogen) atoms. The number of nitrogens with one attached hydrogen (secondary N) is 1. The first-order valence-corrected chi connectivity index (χ1v) is 8.48. The number of methoxy groups -OCH3 is 1. The van der Waals surface area contributed by atoms with Crippen LogP contribution in [0.25, 0.3) is 6.08 Å². The van der Waals surface area contributed by atoms with Crippen molar-refractivity contribution in [2.45, 2.75) is 13.8 Å². The summed E-state index contributed by atoms with van der Waals surface area (Å²) in [4.78, 5) is 25.0. The number of hydrogen-bond acceptors (Lipinski definition) is 3. The summed E-state index contributed by atoms with van der Waals surface area (Å²) in [5.74, 6) is -0.249. The number of hydrogen-bond donors (Lipinski definition) is 1. The molecule has 1 aliphatic heterocycles. The van der Waals surface area contributed by atoms with E-state index >= 15 is 0 Å². The molecule has 1 saturated heterocycles. The first-order valence-electron chi connectivity index (χ1n) is 7.68. The lowest BCUT2D eigenvalue weighted by Gasteiger charge is -2.16. The van der Waals surface area contributed by atoms with Crippen molar-refractivity contribution in [3.05, 3.63) is 63.1 Å². The minimum Gasteiger partial charge on any atom is -0.496 e. The number of benzene rings is 2. The van der Waals surface area contributed by atoms with Gasteiger partial charge in [-0.1, -0.05) is 22.0 Å². The largest absolute Gasteiger partial charge is 0.496 e. The Balaban J connectivity index is 1.99. The summed E-state index contributed by atoms with van der Waals surface area (Å²) in [5.41, 5.74) is 6.13. The van der Waals surface area contributed by atoms with Gasteiger partial charge in [0, 0.05) is 10.0 Å². The molecule has 0 spiro atoms. The second-order valence-electron chi connectivity index (χ2n) is 5.79. The van der Waals surface area contributed by atoms with Crippen LogP contribution < -0.4 is 15.2 Å². The summed E-state index contributed by atoms with van der Waals surface area (Å²) in [5, 5.41) is 1.27. The molecule has 0 unspecified atom stereocenters. The molecule has 1 aliphatic rings. The van der Waals surface area contributed by atoms with Gasteiger partial charge in [-0.25, -0.2) is 5.01 Å². The molecule has 3 rings (SSSR count). The monoisotopic (exact) mass is 400 g/mol. The highest BCUT2D eigenvalue weighted by Crippen LogP contribution is 2.28. The van der Waals surface area contributed by atoms with Gasteiger partial charge >= 0.3 is 0 Å². The fourth-order valence-electron chi connectivity index (χ4n) is 2.58. The molecule has 5 nitrogen and oxygen atoms in total. The van der Waals surface area contributed by atoms with Crippen molar-refractivity contribution in [1.82, 2.24) is 5.43 Å². The number of rotatable bonds is 3. The predicted octanol–water partition coefficient (Wildman–Crippen LogP) is 3.54. The van der Waals surface area contributed by atoms with Crippen molar-refractivity contribution in [3.8, 4) is 5.75 Å². The van der Waals surface area contributed by atoms with E-state index in [1.807, 2.05) is 38.1 Å². The first kappa shape index (κ1) is 17.2. The molecule has 1 fully saturated rings. The second-order valence-corrected chi connectivity index (χ2v) is 6.71. The number of ether oxygens (including phenoxy) is 1. The smallest absolute Gasteiger partial charge is 0.282 e. The lowest BCUT2D eigenvalue weighted by atomic mass is 10.1. The van der Waals surface area contributed by atoms with Crippen LogP contribution in [-0.2, 0) is 9.59 Å². The first-order chi connectivity index (χ1) is 11.9. The van der Waals surface area contributed by atoms with Crippen LogP contribution in [0.2, 0.25) is 0 Å². The van der Waals surface area contributed by atoms with Crippen molar-refractivity contribution >= 4 is 39.5 Å². The minimum atomic E-state index is -0.440. The molecule has 0 atom stereocenters. The maximum atomic E-state index is 12.7. The Morgan fingerprint density at radius 2 is 1.84 bits per heavy atom. The van der Waals surface area contributed by atoms with E-state index in [9.17, 15) is 9.59 Å². The SMILES string of the molecule is COc1ccc(Br)cc1C=C1C(=O)NN(c2ccc(C)c(C)c2)C1=O. The molecule has 128 valence electrons. The zero-order valence-corrected chi connectivity index (χ0v) is 15.7. The van der Waals surface area contributed by atoms with Gasteiger partial charge in [0.25, 0.3) is 11.8 Å². The van der Waals surface area contributed by atoms with E-state index in [1.54, 1.807) is 25.3 Å². The average Bonchev–Trinajstić information content (AvgIpc) is 2.86. The summed E-state index contributed by atoms with van der Waals surface area (Å²) in [6.07, 6.45) is 1.54. The fraction of sp³-hybridized carbons (Fsp3) is 0.158. The van der Waals surface area contributed by atoms with Gasteiger partial charge in [-0.15, -0.1) is 0 Å². The van der Waals surface area contributed by atoms with E-state index in [-0.39, 0.29) is 5.57 Å². The minimum absolute atomic E-state index is 0.0645. The van der Waals surface area contributed by atoms with Crippen molar-refractivity contribution in [2.75, 3.05) is 12.1 Å². The number of nitrogens with zero attached hydrogens (tertiary/aromatic N) is 1. The maximum Gasteiger partial charge on any atom is 0.282 e. The van der Waals surface area contributed by atoms with Crippen molar-refractivity contribution in [3.63, 3.8) is 0 Å². The molecule has 1 N–H and O–H groups in total. The van der Waals surface area contributed by atoms with E-state index < -0.39 is 11.8 Å². The highest BCUT2D eigenvalue weighted by atomic mass is 79.9. The highest BCUT2D eigenvalue weighted by molar-refractivity contribution is 9.10. The zero-order chi connectivity index (χ0) is 18.1. The van der Waals surface area contributed by atoms with Crippen molar-refractivity contribution < 1.29 is 14.3 Å². The van der Waals surface area contributed by atoms with E-state index in [2.05, 4.69) is 21.4 Å². The Morgan fingerprint density at radius 3 is 2.52 bits per heavy atom. The normalized spacial score (nSPS) is 15.7. The molecule has 2 aromatic carbocycles. The molecular weight excluding hydrogens is 384 g/mol. The molecule has 0 bridgehead atoms. The van der Waals surface area contributed by atoms with Gasteiger partial charge in [0.2, 0.25) is 0 Å². The molecule has 0 aromatic heterocycles. The van der Waals surface area contributed by atoms with Gasteiger partial charge in [-0.3, -0.25) is 15.0 Å². The van der Waals surface area contributed by atoms with E-state index in [4.69, 9.17) is 4.74 Å².